The summed E-state index contributed by atoms with van der Waals surface area (Å²) >= 11 is 3.30. The fourth-order valence-corrected chi connectivity index (χ4v) is 4.94. The number of nitrogens with zero attached hydrogens (tertiary/aromatic N) is 4. The van der Waals surface area contributed by atoms with Crippen molar-refractivity contribution >= 4 is 23.1 Å². The van der Waals surface area contributed by atoms with E-state index in [1.165, 1.54) is 0 Å². The molecule has 0 N–H and O–H groups in total. The first kappa shape index (κ1) is 18.6. The number of hydrogen-bond donors (Lipinski definition) is 0. The molecule has 1 aromatic carbocycles. The van der Waals surface area contributed by atoms with Crippen molar-refractivity contribution in [3.63, 3.8) is 0 Å². The zero-order valence-corrected chi connectivity index (χ0v) is 17.4. The highest BCUT2D eigenvalue weighted by Gasteiger charge is 2.22. The standard InChI is InChI=1S/C21H20N4O2S2/c1-2-6-15(7-3-1)18-12-16(24-27-18)14-29-21-23-22-20(19-9-5-11-28-19)25(21)13-17-8-4-10-26-17/h1-3,5-7,9,11-12,17H,4,8,10,13-14H2. The van der Waals surface area contributed by atoms with E-state index in [1.807, 2.05) is 42.5 Å². The van der Waals surface area contributed by atoms with Crippen LogP contribution in [0.4, 0.5) is 0 Å². The van der Waals surface area contributed by atoms with Gasteiger partial charge in [-0.25, -0.2) is 0 Å². The number of hydrogen-bond acceptors (Lipinski definition) is 7. The zero-order valence-electron chi connectivity index (χ0n) is 15.7. The van der Waals surface area contributed by atoms with Crippen molar-refractivity contribution < 1.29 is 9.26 Å². The first-order chi connectivity index (χ1) is 14.4. The third-order valence-corrected chi connectivity index (χ3v) is 6.70. The Labute approximate surface area is 176 Å². The average Bonchev–Trinajstić information content (AvgIpc) is 3.54. The van der Waals surface area contributed by atoms with Gasteiger partial charge in [0, 0.05) is 24.0 Å². The van der Waals surface area contributed by atoms with Crippen LogP contribution in [0, 0.1) is 0 Å². The summed E-state index contributed by atoms with van der Waals surface area (Å²) in [7, 11) is 0. The van der Waals surface area contributed by atoms with E-state index in [4.69, 9.17) is 9.26 Å². The van der Waals surface area contributed by atoms with E-state index in [0.717, 1.165) is 58.9 Å². The molecule has 1 saturated heterocycles. The lowest BCUT2D eigenvalue weighted by Crippen LogP contribution is -2.16. The molecule has 29 heavy (non-hydrogen) atoms. The topological polar surface area (TPSA) is 66.0 Å². The SMILES string of the molecule is c1ccc(-c2cc(CSc3nnc(-c4cccs4)n3CC3CCCO3)no2)cc1. The van der Waals surface area contributed by atoms with E-state index in [0.29, 0.717) is 5.75 Å². The van der Waals surface area contributed by atoms with Crippen LogP contribution in [0.3, 0.4) is 0 Å². The predicted octanol–water partition coefficient (Wildman–Crippen LogP) is 5.13. The largest absolute Gasteiger partial charge is 0.376 e. The quantitative estimate of drug-likeness (QED) is 0.383. The van der Waals surface area contributed by atoms with E-state index in [9.17, 15) is 0 Å². The smallest absolute Gasteiger partial charge is 0.191 e. The van der Waals surface area contributed by atoms with E-state index in [2.05, 4.69) is 31.4 Å². The van der Waals surface area contributed by atoms with Crippen molar-refractivity contribution in [3.8, 4) is 22.0 Å². The van der Waals surface area contributed by atoms with Crippen molar-refractivity contribution in [3.05, 3.63) is 59.6 Å². The van der Waals surface area contributed by atoms with Crippen LogP contribution in [0.2, 0.25) is 0 Å². The van der Waals surface area contributed by atoms with Crippen LogP contribution < -0.4 is 0 Å². The maximum absolute atomic E-state index is 5.86. The lowest BCUT2D eigenvalue weighted by Gasteiger charge is -2.13. The van der Waals surface area contributed by atoms with Gasteiger partial charge in [-0.2, -0.15) is 0 Å². The Morgan fingerprint density at radius 3 is 2.86 bits per heavy atom. The zero-order chi connectivity index (χ0) is 19.5. The average molecular weight is 425 g/mol. The highest BCUT2D eigenvalue weighted by molar-refractivity contribution is 7.98. The van der Waals surface area contributed by atoms with Gasteiger partial charge in [0.25, 0.3) is 0 Å². The summed E-state index contributed by atoms with van der Waals surface area (Å²) in [5.74, 6) is 2.36. The summed E-state index contributed by atoms with van der Waals surface area (Å²) < 4.78 is 13.6. The molecule has 1 aliphatic heterocycles. The Kier molecular flexibility index (Phi) is 5.47. The maximum atomic E-state index is 5.86. The molecule has 1 fully saturated rings. The summed E-state index contributed by atoms with van der Waals surface area (Å²) in [6.07, 6.45) is 2.42. The highest BCUT2D eigenvalue weighted by Crippen LogP contribution is 2.31. The van der Waals surface area contributed by atoms with Gasteiger partial charge in [0.2, 0.25) is 0 Å². The molecule has 0 spiro atoms. The van der Waals surface area contributed by atoms with Gasteiger partial charge < -0.3 is 9.26 Å². The lowest BCUT2D eigenvalue weighted by atomic mass is 10.2. The number of thiophene rings is 1. The van der Waals surface area contributed by atoms with Gasteiger partial charge in [-0.1, -0.05) is 53.3 Å². The molecule has 8 heteroatoms. The second kappa shape index (κ2) is 8.52. The van der Waals surface area contributed by atoms with Crippen LogP contribution in [0.5, 0.6) is 0 Å². The molecule has 0 bridgehead atoms. The van der Waals surface area contributed by atoms with E-state index in [1.54, 1.807) is 23.1 Å². The number of aromatic nitrogens is 4. The minimum atomic E-state index is 0.223. The lowest BCUT2D eigenvalue weighted by molar-refractivity contribution is 0.0953. The minimum absolute atomic E-state index is 0.223. The van der Waals surface area contributed by atoms with Gasteiger partial charge in [0.15, 0.2) is 16.7 Å². The second-order valence-electron chi connectivity index (χ2n) is 6.87. The molecule has 3 aromatic heterocycles. The van der Waals surface area contributed by atoms with Gasteiger partial charge in [-0.05, 0) is 24.3 Å². The third kappa shape index (κ3) is 4.14. The molecule has 6 nitrogen and oxygen atoms in total. The summed E-state index contributed by atoms with van der Waals surface area (Å²) in [6.45, 7) is 1.61. The fraction of sp³-hybridized carbons (Fsp3) is 0.286. The molecule has 0 radical (unpaired) electrons. The normalized spacial score (nSPS) is 16.5. The molecule has 0 amide bonds. The molecular formula is C21H20N4O2S2. The molecule has 148 valence electrons. The molecule has 1 atom stereocenters. The van der Waals surface area contributed by atoms with Crippen molar-refractivity contribution in [1.29, 1.82) is 0 Å². The van der Waals surface area contributed by atoms with Gasteiger partial charge >= 0.3 is 0 Å². The third-order valence-electron chi connectivity index (χ3n) is 4.84. The van der Waals surface area contributed by atoms with Crippen LogP contribution in [-0.4, -0.2) is 32.6 Å². The van der Waals surface area contributed by atoms with Crippen molar-refractivity contribution in [1.82, 2.24) is 19.9 Å². The van der Waals surface area contributed by atoms with Crippen molar-refractivity contribution in [2.45, 2.75) is 36.4 Å². The molecule has 0 aliphatic carbocycles. The van der Waals surface area contributed by atoms with Crippen LogP contribution >= 0.6 is 23.1 Å². The molecule has 1 unspecified atom stereocenters. The summed E-state index contributed by atoms with van der Waals surface area (Å²) in [5, 5.41) is 16.1. The van der Waals surface area contributed by atoms with Gasteiger partial charge in [-0.3, -0.25) is 4.57 Å². The molecule has 4 heterocycles. The maximum Gasteiger partial charge on any atom is 0.191 e. The molecule has 0 saturated carbocycles. The van der Waals surface area contributed by atoms with Gasteiger partial charge in [-0.15, -0.1) is 21.5 Å². The Bertz CT molecular complexity index is 1050. The van der Waals surface area contributed by atoms with E-state index < -0.39 is 0 Å². The molecule has 1 aliphatic rings. The van der Waals surface area contributed by atoms with E-state index >= 15 is 0 Å². The molecule has 4 aromatic rings. The Morgan fingerprint density at radius 1 is 1.14 bits per heavy atom. The summed E-state index contributed by atoms with van der Waals surface area (Å²) in [5.41, 5.74) is 1.91. The number of benzene rings is 1. The summed E-state index contributed by atoms with van der Waals surface area (Å²) in [4.78, 5) is 1.12. The first-order valence-electron chi connectivity index (χ1n) is 9.59. The van der Waals surface area contributed by atoms with Gasteiger partial charge in [0.05, 0.1) is 23.2 Å². The number of rotatable bonds is 7. The predicted molar refractivity (Wildman–Crippen MR) is 114 cm³/mol. The van der Waals surface area contributed by atoms with Crippen molar-refractivity contribution in [2.24, 2.45) is 0 Å². The second-order valence-corrected chi connectivity index (χ2v) is 8.76. The molecular weight excluding hydrogens is 404 g/mol. The molecule has 5 rings (SSSR count). The van der Waals surface area contributed by atoms with Crippen LogP contribution in [0.15, 0.2) is 63.6 Å². The first-order valence-corrected chi connectivity index (χ1v) is 11.5. The van der Waals surface area contributed by atoms with Gasteiger partial charge in [0.1, 0.15) is 0 Å². The minimum Gasteiger partial charge on any atom is -0.376 e. The number of ether oxygens (including phenoxy) is 1. The Balaban J connectivity index is 1.35. The Hall–Kier alpha value is -2.42. The van der Waals surface area contributed by atoms with Crippen LogP contribution in [0.1, 0.15) is 18.5 Å². The van der Waals surface area contributed by atoms with E-state index in [-0.39, 0.29) is 6.10 Å². The summed E-state index contributed by atoms with van der Waals surface area (Å²) in [6, 6.07) is 16.1. The highest BCUT2D eigenvalue weighted by atomic mass is 32.2. The van der Waals surface area contributed by atoms with Crippen molar-refractivity contribution in [2.75, 3.05) is 6.61 Å². The van der Waals surface area contributed by atoms with Crippen LogP contribution in [-0.2, 0) is 17.0 Å². The fourth-order valence-electron chi connectivity index (χ4n) is 3.40. The van der Waals surface area contributed by atoms with Crippen LogP contribution in [0.25, 0.3) is 22.0 Å². The number of thioether (sulfide) groups is 1. The monoisotopic (exact) mass is 424 g/mol. The Morgan fingerprint density at radius 2 is 2.07 bits per heavy atom.